The molecule has 1 amide bonds. The van der Waals surface area contributed by atoms with Crippen LogP contribution >= 0.6 is 0 Å². The molecule has 0 aliphatic carbocycles. The Kier molecular flexibility index (Phi) is 7.45. The van der Waals surface area contributed by atoms with Gasteiger partial charge >= 0.3 is 0 Å². The highest BCUT2D eigenvalue weighted by atomic mass is 32.2. The maximum absolute atomic E-state index is 12.6. The van der Waals surface area contributed by atoms with E-state index in [1.54, 1.807) is 31.2 Å². The molecule has 0 radical (unpaired) electrons. The highest BCUT2D eigenvalue weighted by Gasteiger charge is 2.29. The van der Waals surface area contributed by atoms with Gasteiger partial charge in [-0.3, -0.25) is 9.10 Å². The fourth-order valence-corrected chi connectivity index (χ4v) is 4.13. The number of carbonyl (C=O) groups excluding carboxylic acids is 1. The molecule has 2 aromatic rings. The second-order valence-corrected chi connectivity index (χ2v) is 8.68. The van der Waals surface area contributed by atoms with Gasteiger partial charge in [-0.15, -0.1) is 0 Å². The predicted molar refractivity (Wildman–Crippen MR) is 112 cm³/mol. The topological polar surface area (TPSA) is 75.7 Å². The van der Waals surface area contributed by atoms with Crippen molar-refractivity contribution >= 4 is 21.6 Å². The van der Waals surface area contributed by atoms with Crippen LogP contribution in [0.25, 0.3) is 0 Å². The summed E-state index contributed by atoms with van der Waals surface area (Å²) in [6, 6.07) is 14.1. The molecule has 1 unspecified atom stereocenters. The molecular formula is C21H28N2O4S. The molecule has 1 atom stereocenters. The molecule has 0 fully saturated rings. The van der Waals surface area contributed by atoms with E-state index in [1.807, 2.05) is 6.92 Å². The van der Waals surface area contributed by atoms with E-state index in [-0.39, 0.29) is 5.91 Å². The van der Waals surface area contributed by atoms with Crippen molar-refractivity contribution in [1.82, 2.24) is 5.32 Å². The van der Waals surface area contributed by atoms with Gasteiger partial charge in [-0.2, -0.15) is 0 Å². The molecule has 2 rings (SSSR count). The van der Waals surface area contributed by atoms with Crippen LogP contribution in [0.5, 0.6) is 5.75 Å². The standard InChI is InChI=1S/C21H28N2O4S/c1-16-10-12-18(13-11-16)7-6-14-22-21(24)17(2)23(28(4,25)26)19-8-5-9-20(15-19)27-3/h5,8-13,15,17H,6-7,14H2,1-4H3,(H,22,24). The molecule has 0 aliphatic heterocycles. The van der Waals surface area contributed by atoms with E-state index in [0.717, 1.165) is 23.4 Å². The SMILES string of the molecule is COc1cccc(N(C(C)C(=O)NCCCc2ccc(C)cc2)S(C)(=O)=O)c1. The lowest BCUT2D eigenvalue weighted by atomic mass is 10.1. The van der Waals surface area contributed by atoms with Gasteiger partial charge < -0.3 is 10.1 Å². The van der Waals surface area contributed by atoms with Crippen molar-refractivity contribution in [3.63, 3.8) is 0 Å². The molecule has 1 N–H and O–H groups in total. The molecular weight excluding hydrogens is 376 g/mol. The maximum Gasteiger partial charge on any atom is 0.243 e. The van der Waals surface area contributed by atoms with Crippen molar-refractivity contribution < 1.29 is 17.9 Å². The molecule has 0 saturated heterocycles. The Labute approximate surface area is 167 Å². The number of aryl methyl sites for hydroxylation is 2. The van der Waals surface area contributed by atoms with Crippen LogP contribution in [0.2, 0.25) is 0 Å². The Morgan fingerprint density at radius 2 is 1.86 bits per heavy atom. The van der Waals surface area contributed by atoms with Crippen LogP contribution in [0.1, 0.15) is 24.5 Å². The largest absolute Gasteiger partial charge is 0.497 e. The fourth-order valence-electron chi connectivity index (χ4n) is 2.96. The van der Waals surface area contributed by atoms with E-state index in [0.29, 0.717) is 18.0 Å². The van der Waals surface area contributed by atoms with Gasteiger partial charge in [0.05, 0.1) is 19.1 Å². The number of amides is 1. The van der Waals surface area contributed by atoms with Crippen molar-refractivity contribution in [1.29, 1.82) is 0 Å². The van der Waals surface area contributed by atoms with E-state index in [2.05, 4.69) is 29.6 Å². The van der Waals surface area contributed by atoms with Crippen molar-refractivity contribution in [3.05, 3.63) is 59.7 Å². The smallest absolute Gasteiger partial charge is 0.243 e. The van der Waals surface area contributed by atoms with Crippen LogP contribution in [-0.2, 0) is 21.2 Å². The molecule has 0 bridgehead atoms. The van der Waals surface area contributed by atoms with Crippen LogP contribution in [0.15, 0.2) is 48.5 Å². The molecule has 0 aromatic heterocycles. The van der Waals surface area contributed by atoms with Gasteiger partial charge in [0.2, 0.25) is 15.9 Å². The third-order valence-electron chi connectivity index (χ3n) is 4.46. The summed E-state index contributed by atoms with van der Waals surface area (Å²) in [5.74, 6) is 0.189. The molecule has 7 heteroatoms. The van der Waals surface area contributed by atoms with Crippen LogP contribution in [-0.4, -0.2) is 40.3 Å². The number of nitrogens with zero attached hydrogens (tertiary/aromatic N) is 1. The first-order valence-corrected chi connectivity index (χ1v) is 11.0. The number of nitrogens with one attached hydrogen (secondary N) is 1. The normalized spacial score (nSPS) is 12.3. The minimum Gasteiger partial charge on any atom is -0.497 e. The average molecular weight is 405 g/mol. The lowest BCUT2D eigenvalue weighted by Crippen LogP contribution is -2.48. The van der Waals surface area contributed by atoms with E-state index in [9.17, 15) is 13.2 Å². The van der Waals surface area contributed by atoms with E-state index < -0.39 is 16.1 Å². The first kappa shape index (κ1) is 21.8. The lowest BCUT2D eigenvalue weighted by Gasteiger charge is -2.28. The van der Waals surface area contributed by atoms with Crippen molar-refractivity contribution in [2.24, 2.45) is 0 Å². The molecule has 0 aliphatic rings. The number of rotatable bonds is 9. The zero-order chi connectivity index (χ0) is 20.7. The van der Waals surface area contributed by atoms with E-state index in [4.69, 9.17) is 4.74 Å². The summed E-state index contributed by atoms with van der Waals surface area (Å²) in [5.41, 5.74) is 2.82. The summed E-state index contributed by atoms with van der Waals surface area (Å²) < 4.78 is 30.9. The van der Waals surface area contributed by atoms with Gasteiger partial charge in [-0.1, -0.05) is 35.9 Å². The van der Waals surface area contributed by atoms with Gasteiger partial charge in [0.1, 0.15) is 11.8 Å². The van der Waals surface area contributed by atoms with Gasteiger partial charge in [0.25, 0.3) is 0 Å². The van der Waals surface area contributed by atoms with Crippen molar-refractivity contribution in [2.45, 2.75) is 32.7 Å². The van der Waals surface area contributed by atoms with Crippen LogP contribution in [0.3, 0.4) is 0 Å². The molecule has 6 nitrogen and oxygen atoms in total. The Balaban J connectivity index is 2.00. The predicted octanol–water partition coefficient (Wildman–Crippen LogP) is 2.91. The molecule has 152 valence electrons. The number of anilines is 1. The molecule has 28 heavy (non-hydrogen) atoms. The number of ether oxygens (including phenoxy) is 1. The minimum atomic E-state index is -3.65. The first-order valence-electron chi connectivity index (χ1n) is 9.19. The zero-order valence-corrected chi connectivity index (χ0v) is 17.6. The summed E-state index contributed by atoms with van der Waals surface area (Å²) in [7, 11) is -2.14. The number of sulfonamides is 1. The van der Waals surface area contributed by atoms with E-state index in [1.165, 1.54) is 18.2 Å². The highest BCUT2D eigenvalue weighted by Crippen LogP contribution is 2.25. The Morgan fingerprint density at radius 3 is 2.46 bits per heavy atom. The summed E-state index contributed by atoms with van der Waals surface area (Å²) in [5, 5.41) is 2.84. The first-order chi connectivity index (χ1) is 13.2. The molecule has 0 spiro atoms. The number of hydrogen-bond acceptors (Lipinski definition) is 4. The van der Waals surface area contributed by atoms with Gasteiger partial charge in [0, 0.05) is 12.6 Å². The van der Waals surface area contributed by atoms with E-state index >= 15 is 0 Å². The molecule has 0 heterocycles. The zero-order valence-electron chi connectivity index (χ0n) is 16.8. The van der Waals surface area contributed by atoms with Gasteiger partial charge in [-0.05, 0) is 44.4 Å². The monoisotopic (exact) mass is 404 g/mol. The number of benzene rings is 2. The van der Waals surface area contributed by atoms with Crippen LogP contribution in [0.4, 0.5) is 5.69 Å². The highest BCUT2D eigenvalue weighted by molar-refractivity contribution is 7.92. The fraction of sp³-hybridized carbons (Fsp3) is 0.381. The summed E-state index contributed by atoms with van der Waals surface area (Å²) >= 11 is 0. The Morgan fingerprint density at radius 1 is 1.18 bits per heavy atom. The van der Waals surface area contributed by atoms with Gasteiger partial charge in [0.15, 0.2) is 0 Å². The number of hydrogen-bond donors (Lipinski definition) is 1. The summed E-state index contributed by atoms with van der Waals surface area (Å²) in [4.78, 5) is 12.6. The number of methoxy groups -OCH3 is 1. The van der Waals surface area contributed by atoms with Crippen LogP contribution in [0, 0.1) is 6.92 Å². The second-order valence-electron chi connectivity index (χ2n) is 6.82. The maximum atomic E-state index is 12.6. The lowest BCUT2D eigenvalue weighted by molar-refractivity contribution is -0.121. The summed E-state index contributed by atoms with van der Waals surface area (Å²) in [6.45, 7) is 4.10. The van der Waals surface area contributed by atoms with Gasteiger partial charge in [-0.25, -0.2) is 8.42 Å². The second kappa shape index (κ2) is 9.59. The van der Waals surface area contributed by atoms with Crippen molar-refractivity contribution in [3.8, 4) is 5.75 Å². The number of carbonyl (C=O) groups is 1. The quantitative estimate of drug-likeness (QED) is 0.652. The summed E-state index contributed by atoms with van der Waals surface area (Å²) in [6.07, 6.45) is 2.72. The Hall–Kier alpha value is -2.54. The van der Waals surface area contributed by atoms with Crippen LogP contribution < -0.4 is 14.4 Å². The average Bonchev–Trinajstić information content (AvgIpc) is 2.65. The molecule has 0 saturated carbocycles. The minimum absolute atomic E-state index is 0.336. The molecule has 2 aromatic carbocycles. The third-order valence-corrected chi connectivity index (χ3v) is 5.70. The Bertz CT molecular complexity index is 895. The van der Waals surface area contributed by atoms with Crippen molar-refractivity contribution in [2.75, 3.05) is 24.2 Å². The third kappa shape index (κ3) is 5.99.